The Hall–Kier alpha value is -5.40. The normalized spacial score (nSPS) is 17.1. The topological polar surface area (TPSA) is 32.3 Å². The number of hydrogen-bond acceptors (Lipinski definition) is 4. The summed E-state index contributed by atoms with van der Waals surface area (Å²) in [6, 6.07) is 58.1. The molecule has 0 bridgehead atoms. The highest BCUT2D eigenvalue weighted by Crippen LogP contribution is 2.57. The van der Waals surface area contributed by atoms with Crippen LogP contribution in [0.3, 0.4) is 0 Å². The summed E-state index contributed by atoms with van der Waals surface area (Å²) >= 11 is 0. The number of hydrogen-bond donors (Lipinski definition) is 0. The maximum absolute atomic E-state index is 4.92. The quantitative estimate of drug-likeness (QED) is 0.170. The Morgan fingerprint density at radius 2 is 1.04 bits per heavy atom. The number of nitrogens with zero attached hydrogens (tertiary/aromatic N) is 4. The fraction of sp³-hybridized carbons (Fsp3) is 0.0667. The minimum atomic E-state index is -2.30. The molecule has 246 valence electrons. The van der Waals surface area contributed by atoms with E-state index in [0.717, 1.165) is 21.8 Å². The Morgan fingerprint density at radius 1 is 0.471 bits per heavy atom. The molecule has 0 fully saturated rings. The Kier molecular flexibility index (Phi) is 7.88. The minimum Gasteiger partial charge on any atom is -0.341 e. The van der Waals surface area contributed by atoms with Gasteiger partial charge in [0.2, 0.25) is 0 Å². The minimum absolute atomic E-state index is 1.00. The summed E-state index contributed by atoms with van der Waals surface area (Å²) in [5.41, 5.74) is 6.79. The van der Waals surface area contributed by atoms with Crippen LogP contribution >= 0.6 is 15.2 Å². The summed E-state index contributed by atoms with van der Waals surface area (Å²) in [6.07, 6.45) is 3.81. The van der Waals surface area contributed by atoms with Gasteiger partial charge < -0.3 is 9.80 Å². The molecule has 1 aliphatic heterocycles. The third-order valence-corrected chi connectivity index (χ3v) is 16.8. The highest BCUT2D eigenvalue weighted by Gasteiger charge is 2.46. The largest absolute Gasteiger partial charge is 0.341 e. The van der Waals surface area contributed by atoms with E-state index in [-0.39, 0.29) is 0 Å². The maximum atomic E-state index is 4.92. The predicted molar refractivity (Wildman–Crippen MR) is 223 cm³/mol. The van der Waals surface area contributed by atoms with Crippen molar-refractivity contribution in [3.8, 4) is 0 Å². The molecule has 1 aliphatic rings. The van der Waals surface area contributed by atoms with E-state index in [9.17, 15) is 0 Å². The first-order valence-corrected chi connectivity index (χ1v) is 20.8. The van der Waals surface area contributed by atoms with Gasteiger partial charge in [0, 0.05) is 59.6 Å². The molecule has 51 heavy (non-hydrogen) atoms. The van der Waals surface area contributed by atoms with E-state index in [1.807, 2.05) is 24.5 Å². The van der Waals surface area contributed by atoms with Crippen molar-refractivity contribution in [3.05, 3.63) is 170 Å². The molecule has 0 radical (unpaired) electrons. The van der Waals surface area contributed by atoms with E-state index in [4.69, 9.17) is 9.97 Å². The van der Waals surface area contributed by atoms with E-state index >= 15 is 0 Å². The highest BCUT2D eigenvalue weighted by molar-refractivity contribution is 7.95. The van der Waals surface area contributed by atoms with Crippen LogP contribution in [-0.4, -0.2) is 30.7 Å². The van der Waals surface area contributed by atoms with E-state index < -0.39 is 15.2 Å². The van der Waals surface area contributed by atoms with Gasteiger partial charge in [-0.2, -0.15) is 0 Å². The Bertz CT molecular complexity index is 2560. The smallest absolute Gasteiger partial charge is 0.130 e. The number of anilines is 4. The molecule has 0 spiro atoms. The predicted octanol–water partition coefficient (Wildman–Crippen LogP) is 8.31. The Labute approximate surface area is 301 Å². The zero-order valence-corrected chi connectivity index (χ0v) is 30.6. The molecule has 0 saturated carbocycles. The molecule has 2 unspecified atom stereocenters. The van der Waals surface area contributed by atoms with Crippen molar-refractivity contribution < 1.29 is 0 Å². The van der Waals surface area contributed by atoms with Crippen molar-refractivity contribution in [2.45, 2.75) is 0 Å². The van der Waals surface area contributed by atoms with Gasteiger partial charge in [0.05, 0.1) is 34.8 Å². The van der Waals surface area contributed by atoms with Gasteiger partial charge >= 0.3 is 0 Å². The van der Waals surface area contributed by atoms with Crippen LogP contribution in [0.4, 0.5) is 22.7 Å². The lowest BCUT2D eigenvalue weighted by Crippen LogP contribution is -2.38. The maximum Gasteiger partial charge on any atom is 0.130 e. The second-order valence-corrected chi connectivity index (χ2v) is 18.8. The summed E-state index contributed by atoms with van der Waals surface area (Å²) in [5, 5.41) is 10.1. The summed E-state index contributed by atoms with van der Waals surface area (Å²) in [7, 11) is 1.17. The monoisotopic (exact) mass is 695 g/mol. The van der Waals surface area contributed by atoms with E-state index in [2.05, 4.69) is 176 Å². The van der Waals surface area contributed by atoms with E-state index in [1.54, 1.807) is 0 Å². The first kappa shape index (κ1) is 31.6. The van der Waals surface area contributed by atoms with Crippen molar-refractivity contribution in [3.63, 3.8) is 0 Å². The van der Waals surface area contributed by atoms with E-state index in [1.165, 1.54) is 54.6 Å². The van der Waals surface area contributed by atoms with Crippen LogP contribution < -0.4 is 41.6 Å². The van der Waals surface area contributed by atoms with Crippen LogP contribution in [0.15, 0.2) is 170 Å². The van der Waals surface area contributed by atoms with Crippen LogP contribution in [0.1, 0.15) is 0 Å². The van der Waals surface area contributed by atoms with Gasteiger partial charge in [0.1, 0.15) is 23.2 Å². The Morgan fingerprint density at radius 3 is 1.76 bits per heavy atom. The molecular formula is C45H37N4P2+. The van der Waals surface area contributed by atoms with Crippen LogP contribution in [0, 0.1) is 0 Å². The summed E-state index contributed by atoms with van der Waals surface area (Å²) in [4.78, 5) is 14.7. The van der Waals surface area contributed by atoms with Crippen LogP contribution in [0.5, 0.6) is 0 Å². The molecule has 2 aromatic heterocycles. The standard InChI is InChI=1S/C45H37N4P2/c1-48-38-22-10-12-24-42(38)50(34-18-6-4-7-19-34)43-30-36-32(16-14-26-46-36)28-40(43)49(2)41-29-33-17-15-27-47-37(33)31-45(41)51(3,35-20-8-5-9-21-35)44-25-13-11-23-39(44)48/h4-31H,1-3H3/q+1. The SMILES string of the molecule is CN1c2ccccc2P(c2ccccc2)c2cc3ncccc3cc2N(C)c2cc3cccnc3cc2[P+](C)(c2ccccc2)c2ccccc21. The van der Waals surface area contributed by atoms with Crippen LogP contribution in [0.2, 0.25) is 0 Å². The average Bonchev–Trinajstić information content (AvgIpc) is 3.20. The van der Waals surface area contributed by atoms with Gasteiger partial charge in [0.25, 0.3) is 0 Å². The molecule has 8 aromatic rings. The number of benzene rings is 6. The van der Waals surface area contributed by atoms with Gasteiger partial charge in [-0.05, 0) is 73.9 Å². The third-order valence-electron chi connectivity index (χ3n) is 10.3. The molecule has 6 aromatic carbocycles. The van der Waals surface area contributed by atoms with Crippen molar-refractivity contribution in [2.24, 2.45) is 0 Å². The zero-order chi connectivity index (χ0) is 34.5. The molecule has 6 heteroatoms. The van der Waals surface area contributed by atoms with Crippen LogP contribution in [-0.2, 0) is 0 Å². The van der Waals surface area contributed by atoms with Crippen molar-refractivity contribution >= 4 is 91.6 Å². The number of fused-ring (bicyclic) bond motifs is 6. The lowest BCUT2D eigenvalue weighted by Gasteiger charge is -2.36. The molecule has 0 aliphatic carbocycles. The summed E-state index contributed by atoms with van der Waals surface area (Å²) < 4.78 is 0. The third kappa shape index (κ3) is 5.21. The first-order valence-electron chi connectivity index (χ1n) is 17.2. The van der Waals surface area contributed by atoms with Crippen molar-refractivity contribution in [1.29, 1.82) is 0 Å². The fourth-order valence-corrected chi connectivity index (χ4v) is 14.1. The van der Waals surface area contributed by atoms with Crippen molar-refractivity contribution in [1.82, 2.24) is 9.97 Å². The molecule has 3 heterocycles. The summed E-state index contributed by atoms with van der Waals surface area (Å²) in [5.74, 6) is 0. The van der Waals surface area contributed by atoms with Gasteiger partial charge in [-0.25, -0.2) is 0 Å². The molecular weight excluding hydrogens is 658 g/mol. The number of aromatic nitrogens is 2. The van der Waals surface area contributed by atoms with Crippen LogP contribution in [0.25, 0.3) is 21.8 Å². The van der Waals surface area contributed by atoms with Gasteiger partial charge in [-0.3, -0.25) is 9.97 Å². The molecule has 0 saturated heterocycles. The molecule has 2 atom stereocenters. The van der Waals surface area contributed by atoms with Gasteiger partial charge in [-0.15, -0.1) is 0 Å². The number of para-hydroxylation sites is 2. The van der Waals surface area contributed by atoms with Gasteiger partial charge in [0.15, 0.2) is 0 Å². The molecule has 4 nitrogen and oxygen atoms in total. The average molecular weight is 696 g/mol. The van der Waals surface area contributed by atoms with Crippen molar-refractivity contribution in [2.75, 3.05) is 30.6 Å². The summed E-state index contributed by atoms with van der Waals surface area (Å²) in [6.45, 7) is 2.50. The lowest BCUT2D eigenvalue weighted by molar-refractivity contribution is 1.22. The van der Waals surface area contributed by atoms with Gasteiger partial charge in [-0.1, -0.05) is 91.0 Å². The lowest BCUT2D eigenvalue weighted by atomic mass is 10.1. The fourth-order valence-electron chi connectivity index (χ4n) is 7.71. The highest BCUT2D eigenvalue weighted by atomic mass is 31.2. The second kappa shape index (κ2) is 12.7. The molecule has 0 N–H and O–H groups in total. The molecule has 0 amide bonds. The van der Waals surface area contributed by atoms with E-state index in [0.29, 0.717) is 0 Å². The first-order chi connectivity index (χ1) is 25.0. The number of pyridine rings is 2. The second-order valence-electron chi connectivity index (χ2n) is 13.2. The number of rotatable bonds is 2. The molecule has 9 rings (SSSR count). The Balaban J connectivity index is 1.48. The zero-order valence-electron chi connectivity index (χ0n) is 28.8.